The van der Waals surface area contributed by atoms with Gasteiger partial charge < -0.3 is 10.4 Å². The highest BCUT2D eigenvalue weighted by molar-refractivity contribution is 5.00. The van der Waals surface area contributed by atoms with Crippen LogP contribution in [-0.4, -0.2) is 29.5 Å². The Bertz CT molecular complexity index is 167. The monoisotopic (exact) mass is 183 g/mol. The van der Waals surface area contributed by atoms with Crippen molar-refractivity contribution in [2.45, 2.75) is 37.6 Å². The fourth-order valence-corrected chi connectivity index (χ4v) is 1.34. The molecule has 1 rings (SSSR count). The number of hydrogen-bond donors (Lipinski definition) is 2. The molecule has 0 radical (unpaired) electrons. The molecule has 5 heteroatoms. The van der Waals surface area contributed by atoms with Crippen LogP contribution in [0.4, 0.5) is 13.2 Å². The molecule has 1 aliphatic heterocycles. The van der Waals surface area contributed by atoms with E-state index in [0.717, 1.165) is 0 Å². The molecule has 0 aromatic rings. The highest BCUT2D eigenvalue weighted by Crippen LogP contribution is 2.38. The van der Waals surface area contributed by atoms with E-state index in [9.17, 15) is 18.3 Å². The Morgan fingerprint density at radius 2 is 2.00 bits per heavy atom. The Kier molecular flexibility index (Phi) is 2.35. The van der Waals surface area contributed by atoms with Crippen LogP contribution < -0.4 is 5.32 Å². The lowest BCUT2D eigenvalue weighted by Gasteiger charge is -2.42. The van der Waals surface area contributed by atoms with Gasteiger partial charge in [-0.05, 0) is 19.4 Å². The van der Waals surface area contributed by atoms with Crippen molar-refractivity contribution < 1.29 is 18.3 Å². The molecule has 12 heavy (non-hydrogen) atoms. The van der Waals surface area contributed by atoms with E-state index in [1.54, 1.807) is 0 Å². The molecule has 0 saturated carbocycles. The van der Waals surface area contributed by atoms with Crippen LogP contribution in [0.1, 0.15) is 19.8 Å². The zero-order chi connectivity index (χ0) is 9.41. The van der Waals surface area contributed by atoms with Crippen molar-refractivity contribution >= 4 is 0 Å². The number of alkyl halides is 3. The Balaban J connectivity index is 2.73. The first-order chi connectivity index (χ1) is 5.42. The van der Waals surface area contributed by atoms with Gasteiger partial charge in [0.15, 0.2) is 5.60 Å². The fraction of sp³-hybridized carbons (Fsp3) is 1.00. The maximum atomic E-state index is 12.3. The summed E-state index contributed by atoms with van der Waals surface area (Å²) in [7, 11) is 0. The SMILES string of the molecule is CC[C@@](O)([C@H]1CCN1)C(F)(F)F. The molecule has 0 unspecified atom stereocenters. The minimum absolute atomic E-state index is 0.297. The first-order valence-electron chi connectivity index (χ1n) is 3.94. The first kappa shape index (κ1) is 9.80. The molecule has 0 aromatic carbocycles. The van der Waals surface area contributed by atoms with Gasteiger partial charge in [-0.15, -0.1) is 0 Å². The quantitative estimate of drug-likeness (QED) is 0.670. The van der Waals surface area contributed by atoms with Crippen molar-refractivity contribution in [2.24, 2.45) is 0 Å². The normalized spacial score (nSPS) is 29.2. The molecule has 0 spiro atoms. The predicted octanol–water partition coefficient (Wildman–Crippen LogP) is 1.05. The fourth-order valence-electron chi connectivity index (χ4n) is 1.34. The van der Waals surface area contributed by atoms with Crippen molar-refractivity contribution in [1.29, 1.82) is 0 Å². The Hall–Kier alpha value is -0.290. The molecule has 0 bridgehead atoms. The minimum Gasteiger partial charge on any atom is -0.379 e. The lowest BCUT2D eigenvalue weighted by molar-refractivity contribution is -0.277. The predicted molar refractivity (Wildman–Crippen MR) is 37.7 cm³/mol. The van der Waals surface area contributed by atoms with Crippen LogP contribution in [0.3, 0.4) is 0 Å². The number of rotatable bonds is 2. The van der Waals surface area contributed by atoms with Gasteiger partial charge in [-0.2, -0.15) is 13.2 Å². The van der Waals surface area contributed by atoms with Crippen LogP contribution in [0.25, 0.3) is 0 Å². The minimum atomic E-state index is -4.53. The van der Waals surface area contributed by atoms with Gasteiger partial charge in [0.2, 0.25) is 0 Å². The van der Waals surface area contributed by atoms with E-state index in [1.165, 1.54) is 6.92 Å². The van der Waals surface area contributed by atoms with E-state index in [-0.39, 0.29) is 6.42 Å². The highest BCUT2D eigenvalue weighted by atomic mass is 19.4. The van der Waals surface area contributed by atoms with Crippen LogP contribution in [0.15, 0.2) is 0 Å². The van der Waals surface area contributed by atoms with Crippen molar-refractivity contribution in [3.63, 3.8) is 0 Å². The topological polar surface area (TPSA) is 32.3 Å². The molecule has 0 aromatic heterocycles. The van der Waals surface area contributed by atoms with E-state index in [1.807, 2.05) is 0 Å². The number of hydrogen-bond acceptors (Lipinski definition) is 2. The van der Waals surface area contributed by atoms with E-state index in [2.05, 4.69) is 5.32 Å². The van der Waals surface area contributed by atoms with Crippen molar-refractivity contribution in [3.8, 4) is 0 Å². The summed E-state index contributed by atoms with van der Waals surface area (Å²) in [6, 6.07) is -0.817. The highest BCUT2D eigenvalue weighted by Gasteiger charge is 2.58. The van der Waals surface area contributed by atoms with Gasteiger partial charge in [-0.25, -0.2) is 0 Å². The molecule has 2 N–H and O–H groups in total. The Labute approximate surface area is 68.8 Å². The average Bonchev–Trinajstić information content (AvgIpc) is 1.81. The van der Waals surface area contributed by atoms with Crippen LogP contribution in [0, 0.1) is 0 Å². The molecule has 0 aliphatic carbocycles. The van der Waals surface area contributed by atoms with E-state index < -0.39 is 17.8 Å². The molecule has 2 atom stereocenters. The number of aliphatic hydroxyl groups is 1. The smallest absolute Gasteiger partial charge is 0.379 e. The number of nitrogens with one attached hydrogen (secondary N) is 1. The Morgan fingerprint density at radius 1 is 1.50 bits per heavy atom. The lowest BCUT2D eigenvalue weighted by atomic mass is 9.84. The van der Waals surface area contributed by atoms with Gasteiger partial charge >= 0.3 is 6.18 Å². The molecule has 0 amide bonds. The van der Waals surface area contributed by atoms with E-state index in [0.29, 0.717) is 13.0 Å². The standard InChI is InChI=1S/C7H12F3NO/c1-2-6(12,7(8,9)10)5-3-4-11-5/h5,11-12H,2-4H2,1H3/t5-,6-/m1/s1. The maximum absolute atomic E-state index is 12.3. The second-order valence-electron chi connectivity index (χ2n) is 3.07. The summed E-state index contributed by atoms with van der Waals surface area (Å²) in [5.74, 6) is 0. The Morgan fingerprint density at radius 3 is 2.08 bits per heavy atom. The van der Waals surface area contributed by atoms with Crippen LogP contribution in [0.2, 0.25) is 0 Å². The summed E-state index contributed by atoms with van der Waals surface area (Å²) in [4.78, 5) is 0. The zero-order valence-electron chi connectivity index (χ0n) is 6.78. The van der Waals surface area contributed by atoms with Gasteiger partial charge in [0.05, 0.1) is 0 Å². The summed E-state index contributed by atoms with van der Waals surface area (Å²) >= 11 is 0. The van der Waals surface area contributed by atoms with Gasteiger partial charge in [0.1, 0.15) is 0 Å². The average molecular weight is 183 g/mol. The zero-order valence-corrected chi connectivity index (χ0v) is 6.78. The molecular weight excluding hydrogens is 171 g/mol. The summed E-state index contributed by atoms with van der Waals surface area (Å²) < 4.78 is 36.9. The largest absolute Gasteiger partial charge is 0.418 e. The summed E-state index contributed by atoms with van der Waals surface area (Å²) in [6.07, 6.45) is -4.43. The number of halogens is 3. The maximum Gasteiger partial charge on any atom is 0.418 e. The van der Waals surface area contributed by atoms with Gasteiger partial charge in [-0.1, -0.05) is 6.92 Å². The molecular formula is C7H12F3NO. The summed E-state index contributed by atoms with van der Waals surface area (Å²) in [5.41, 5.74) is -2.54. The first-order valence-corrected chi connectivity index (χ1v) is 3.94. The second-order valence-corrected chi connectivity index (χ2v) is 3.07. The van der Waals surface area contributed by atoms with Gasteiger partial charge in [0, 0.05) is 6.04 Å². The molecule has 1 fully saturated rings. The van der Waals surface area contributed by atoms with Crippen LogP contribution in [0.5, 0.6) is 0 Å². The molecule has 72 valence electrons. The molecule has 2 nitrogen and oxygen atoms in total. The molecule has 1 heterocycles. The molecule has 1 aliphatic rings. The van der Waals surface area contributed by atoms with E-state index in [4.69, 9.17) is 0 Å². The van der Waals surface area contributed by atoms with Gasteiger partial charge in [-0.3, -0.25) is 0 Å². The second kappa shape index (κ2) is 2.88. The third kappa shape index (κ3) is 1.31. The summed E-state index contributed by atoms with van der Waals surface area (Å²) in [5, 5.41) is 11.9. The van der Waals surface area contributed by atoms with E-state index >= 15 is 0 Å². The lowest BCUT2D eigenvalue weighted by Crippen LogP contribution is -2.65. The molecule has 1 saturated heterocycles. The third-order valence-corrected chi connectivity index (χ3v) is 2.43. The van der Waals surface area contributed by atoms with Crippen molar-refractivity contribution in [1.82, 2.24) is 5.32 Å². The van der Waals surface area contributed by atoms with Crippen molar-refractivity contribution in [2.75, 3.05) is 6.54 Å². The third-order valence-electron chi connectivity index (χ3n) is 2.43. The summed E-state index contributed by atoms with van der Waals surface area (Å²) in [6.45, 7) is 1.90. The van der Waals surface area contributed by atoms with Crippen molar-refractivity contribution in [3.05, 3.63) is 0 Å². The van der Waals surface area contributed by atoms with Gasteiger partial charge in [0.25, 0.3) is 0 Å². The van der Waals surface area contributed by atoms with Crippen LogP contribution in [-0.2, 0) is 0 Å². The van der Waals surface area contributed by atoms with Crippen LogP contribution >= 0.6 is 0 Å².